The molecule has 3 N–H and O–H groups in total. The molecule has 0 aliphatic heterocycles. The van der Waals surface area contributed by atoms with Gasteiger partial charge < -0.3 is 20.7 Å². The summed E-state index contributed by atoms with van der Waals surface area (Å²) in [5.41, 5.74) is 7.91. The second kappa shape index (κ2) is 7.23. The summed E-state index contributed by atoms with van der Waals surface area (Å²) in [5.74, 6) is 0.317. The normalized spacial score (nSPS) is 27.8. The molecule has 1 aromatic rings. The van der Waals surface area contributed by atoms with Gasteiger partial charge in [-0.3, -0.25) is 0 Å². The van der Waals surface area contributed by atoms with E-state index in [-0.39, 0.29) is 13.2 Å². The lowest BCUT2D eigenvalue weighted by Crippen LogP contribution is -2.57. The van der Waals surface area contributed by atoms with Crippen molar-refractivity contribution in [1.82, 2.24) is 4.98 Å². The number of halogens is 3. The number of aryl methyl sites for hydroxylation is 1. The Bertz CT molecular complexity index is 623. The van der Waals surface area contributed by atoms with Gasteiger partial charge in [-0.1, -0.05) is 0 Å². The third kappa shape index (κ3) is 4.40. The van der Waals surface area contributed by atoms with Gasteiger partial charge in [0, 0.05) is 25.7 Å². The summed E-state index contributed by atoms with van der Waals surface area (Å²) in [4.78, 5) is 5.60. The van der Waals surface area contributed by atoms with Gasteiger partial charge in [0.15, 0.2) is 0 Å². The number of hydrogen-bond acceptors (Lipinski definition) is 5. The molecule has 3 rings (SSSR count). The minimum absolute atomic E-state index is 0.140. The van der Waals surface area contributed by atoms with Gasteiger partial charge in [0.05, 0.1) is 18.0 Å². The number of hydrogen-bond donors (Lipinski definition) is 2. The Hall–Kier alpha value is -1.54. The van der Waals surface area contributed by atoms with Crippen LogP contribution in [0, 0.1) is 12.3 Å². The van der Waals surface area contributed by atoms with Crippen molar-refractivity contribution < 1.29 is 17.9 Å². The van der Waals surface area contributed by atoms with Crippen LogP contribution in [-0.2, 0) is 4.74 Å². The number of rotatable bonds is 7. The lowest BCUT2D eigenvalue weighted by atomic mass is 9.52. The van der Waals surface area contributed by atoms with Crippen molar-refractivity contribution in [2.45, 2.75) is 50.9 Å². The van der Waals surface area contributed by atoms with Crippen molar-refractivity contribution in [3.05, 3.63) is 17.8 Å². The third-order valence-corrected chi connectivity index (χ3v) is 5.44. The van der Waals surface area contributed by atoms with E-state index in [0.29, 0.717) is 29.0 Å². The molecule has 146 valence electrons. The zero-order chi connectivity index (χ0) is 18.9. The number of nitrogens with one attached hydrogen (secondary N) is 1. The summed E-state index contributed by atoms with van der Waals surface area (Å²) in [6.45, 7) is 1.13. The quantitative estimate of drug-likeness (QED) is 0.770. The van der Waals surface area contributed by atoms with Crippen LogP contribution in [0.3, 0.4) is 0 Å². The molecule has 26 heavy (non-hydrogen) atoms. The second-order valence-electron chi connectivity index (χ2n) is 7.75. The van der Waals surface area contributed by atoms with E-state index in [4.69, 9.17) is 10.5 Å². The largest absolute Gasteiger partial charge is 0.405 e. The maximum absolute atomic E-state index is 12.8. The van der Waals surface area contributed by atoms with E-state index in [1.54, 1.807) is 6.07 Å². The molecule has 0 saturated heterocycles. The molecule has 1 spiro atoms. The van der Waals surface area contributed by atoms with Crippen molar-refractivity contribution in [2.75, 3.05) is 37.0 Å². The molecule has 0 radical (unpaired) electrons. The van der Waals surface area contributed by atoms with E-state index in [0.717, 1.165) is 31.4 Å². The van der Waals surface area contributed by atoms with Crippen LogP contribution in [0.5, 0.6) is 0 Å². The van der Waals surface area contributed by atoms with E-state index in [2.05, 4.69) is 10.3 Å². The maximum atomic E-state index is 12.8. The maximum Gasteiger partial charge on any atom is 0.405 e. The van der Waals surface area contributed by atoms with Crippen LogP contribution < -0.4 is 16.0 Å². The molecule has 0 atom stereocenters. The molecule has 8 heteroatoms. The molecule has 5 nitrogen and oxygen atoms in total. The number of aromatic nitrogens is 1. The fraction of sp³-hybridized carbons (Fsp3) is 0.722. The molecular weight excluding hydrogens is 345 g/mol. The molecule has 2 aliphatic carbocycles. The van der Waals surface area contributed by atoms with Gasteiger partial charge in [-0.25, -0.2) is 4.98 Å². The summed E-state index contributed by atoms with van der Waals surface area (Å²) in [7, 11) is 1.47. The van der Waals surface area contributed by atoms with Crippen molar-refractivity contribution in [1.29, 1.82) is 0 Å². The molecule has 2 fully saturated rings. The Morgan fingerprint density at radius 3 is 2.54 bits per heavy atom. The first-order valence-electron chi connectivity index (χ1n) is 9.00. The lowest BCUT2D eigenvalue weighted by molar-refractivity contribution is -0.120. The van der Waals surface area contributed by atoms with Crippen molar-refractivity contribution in [3.63, 3.8) is 0 Å². The summed E-state index contributed by atoms with van der Waals surface area (Å²) < 4.78 is 43.4. The fourth-order valence-electron chi connectivity index (χ4n) is 4.26. The van der Waals surface area contributed by atoms with E-state index < -0.39 is 12.7 Å². The van der Waals surface area contributed by atoms with Crippen LogP contribution in [-0.4, -0.2) is 50.1 Å². The Kier molecular flexibility index (Phi) is 5.35. The Balaban J connectivity index is 1.62. The van der Waals surface area contributed by atoms with Gasteiger partial charge in [0.2, 0.25) is 0 Å². The van der Waals surface area contributed by atoms with Gasteiger partial charge in [0.1, 0.15) is 12.4 Å². The smallest absolute Gasteiger partial charge is 0.383 e. The zero-order valence-electron chi connectivity index (χ0n) is 15.3. The number of pyridine rings is 1. The van der Waals surface area contributed by atoms with Crippen LogP contribution in [0.25, 0.3) is 0 Å². The Labute approximate surface area is 152 Å². The molecule has 0 aromatic carbocycles. The van der Waals surface area contributed by atoms with Gasteiger partial charge in [-0.2, -0.15) is 13.2 Å². The van der Waals surface area contributed by atoms with Crippen LogP contribution in [0.1, 0.15) is 31.4 Å². The highest BCUT2D eigenvalue weighted by Gasteiger charge is 2.51. The van der Waals surface area contributed by atoms with E-state index >= 15 is 0 Å². The van der Waals surface area contributed by atoms with Gasteiger partial charge >= 0.3 is 6.18 Å². The zero-order valence-corrected chi connectivity index (χ0v) is 15.3. The average molecular weight is 372 g/mol. The number of ether oxygens (including phenoxy) is 1. The van der Waals surface area contributed by atoms with Gasteiger partial charge in [-0.15, -0.1) is 0 Å². The standard InChI is InChI=1S/C18H27F3N4O/c1-12-15(24-14-9-17(10-14)7-13(22)8-17)3-4-16(23-12)25(5-6-26-2)11-18(19,20)21/h3-4,13-14,24H,5-11,22H2,1-2H3. The third-order valence-electron chi connectivity index (χ3n) is 5.44. The molecular formula is C18H27F3N4O. The van der Waals surface area contributed by atoms with Crippen LogP contribution in [0.15, 0.2) is 12.1 Å². The number of nitrogens with two attached hydrogens (primary N) is 1. The Morgan fingerprint density at radius 1 is 1.31 bits per heavy atom. The monoisotopic (exact) mass is 372 g/mol. The number of anilines is 2. The van der Waals surface area contributed by atoms with Crippen LogP contribution in [0.4, 0.5) is 24.7 Å². The summed E-state index contributed by atoms with van der Waals surface area (Å²) in [5, 5.41) is 3.47. The SMILES string of the molecule is COCCN(CC(F)(F)F)c1ccc(NC2CC3(CC(N)C3)C2)c(C)n1. The highest BCUT2D eigenvalue weighted by Crippen LogP contribution is 2.55. The van der Waals surface area contributed by atoms with Crippen LogP contribution in [0.2, 0.25) is 0 Å². The molecule has 0 unspecified atom stereocenters. The first kappa shape index (κ1) is 19.2. The first-order valence-corrected chi connectivity index (χ1v) is 9.00. The lowest BCUT2D eigenvalue weighted by Gasteiger charge is -2.57. The number of nitrogens with zero attached hydrogens (tertiary/aromatic N) is 2. The molecule has 1 aromatic heterocycles. The van der Waals surface area contributed by atoms with E-state index in [9.17, 15) is 13.2 Å². The van der Waals surface area contributed by atoms with Gasteiger partial charge in [-0.05, 0) is 50.2 Å². The van der Waals surface area contributed by atoms with E-state index in [1.807, 2.05) is 13.0 Å². The molecule has 2 saturated carbocycles. The summed E-state index contributed by atoms with van der Waals surface area (Å²) >= 11 is 0. The summed E-state index contributed by atoms with van der Waals surface area (Å²) in [6.07, 6.45) is 0.135. The highest BCUT2D eigenvalue weighted by molar-refractivity contribution is 5.54. The molecule has 2 aliphatic rings. The minimum atomic E-state index is -4.29. The molecule has 0 bridgehead atoms. The Morgan fingerprint density at radius 2 is 2.00 bits per heavy atom. The number of methoxy groups -OCH3 is 1. The minimum Gasteiger partial charge on any atom is -0.383 e. The predicted octanol–water partition coefficient (Wildman–Crippen LogP) is 3.09. The highest BCUT2D eigenvalue weighted by atomic mass is 19.4. The topological polar surface area (TPSA) is 63.4 Å². The van der Waals surface area contributed by atoms with Crippen molar-refractivity contribution in [3.8, 4) is 0 Å². The molecule has 1 heterocycles. The fourth-order valence-corrected chi connectivity index (χ4v) is 4.26. The average Bonchev–Trinajstić information content (AvgIpc) is 2.48. The molecule has 0 amide bonds. The predicted molar refractivity (Wildman–Crippen MR) is 95.4 cm³/mol. The van der Waals surface area contributed by atoms with Crippen molar-refractivity contribution in [2.24, 2.45) is 11.1 Å². The second-order valence-corrected chi connectivity index (χ2v) is 7.75. The first-order chi connectivity index (χ1) is 12.2. The summed E-state index contributed by atoms with van der Waals surface area (Å²) in [6, 6.07) is 4.22. The number of alkyl halides is 3. The van der Waals surface area contributed by atoms with Crippen molar-refractivity contribution >= 4 is 11.5 Å². The van der Waals surface area contributed by atoms with E-state index in [1.165, 1.54) is 12.0 Å². The van der Waals surface area contributed by atoms with Gasteiger partial charge in [0.25, 0.3) is 0 Å². The van der Waals surface area contributed by atoms with Crippen LogP contribution >= 0.6 is 0 Å².